The van der Waals surface area contributed by atoms with Crippen molar-refractivity contribution in [3.63, 3.8) is 0 Å². The van der Waals surface area contributed by atoms with Crippen LogP contribution >= 0.6 is 0 Å². The number of unbranched alkanes of at least 4 members (excludes halogenated alkanes) is 1. The number of carbonyl (C=O) groups excluding carboxylic acids is 2. The topological polar surface area (TPSA) is 98.2 Å². The maximum absolute atomic E-state index is 10.8. The van der Waals surface area contributed by atoms with Crippen molar-refractivity contribution in [2.75, 3.05) is 6.54 Å². The molecule has 0 radical (unpaired) electrons. The Balaban J connectivity index is 3.81. The van der Waals surface area contributed by atoms with E-state index in [1.807, 2.05) is 0 Å². The minimum absolute atomic E-state index is 0.239. The second kappa shape index (κ2) is 6.42. The highest BCUT2D eigenvalue weighted by atomic mass is 16.2. The molecule has 0 bridgehead atoms. The first-order chi connectivity index (χ1) is 6.07. The van der Waals surface area contributed by atoms with Crippen LogP contribution < -0.4 is 16.8 Å². The van der Waals surface area contributed by atoms with Gasteiger partial charge in [0.25, 0.3) is 0 Å². The summed E-state index contributed by atoms with van der Waals surface area (Å²) in [5, 5.41) is 2.48. The summed E-state index contributed by atoms with van der Waals surface area (Å²) in [4.78, 5) is 21.5. The first-order valence-electron chi connectivity index (χ1n) is 4.34. The van der Waals surface area contributed by atoms with Gasteiger partial charge in [0, 0.05) is 6.92 Å². The molecule has 0 aliphatic carbocycles. The van der Waals surface area contributed by atoms with E-state index < -0.39 is 11.9 Å². The maximum atomic E-state index is 10.8. The van der Waals surface area contributed by atoms with Crippen LogP contribution in [0.25, 0.3) is 0 Å². The molecule has 76 valence electrons. The van der Waals surface area contributed by atoms with E-state index in [1.165, 1.54) is 6.92 Å². The van der Waals surface area contributed by atoms with Crippen LogP contribution in [0.2, 0.25) is 0 Å². The van der Waals surface area contributed by atoms with Gasteiger partial charge in [-0.3, -0.25) is 9.59 Å². The maximum Gasteiger partial charge on any atom is 0.239 e. The lowest BCUT2D eigenvalue weighted by Gasteiger charge is -2.13. The summed E-state index contributed by atoms with van der Waals surface area (Å²) < 4.78 is 0. The zero-order valence-corrected chi connectivity index (χ0v) is 7.88. The second-order valence-electron chi connectivity index (χ2n) is 2.94. The van der Waals surface area contributed by atoms with Crippen molar-refractivity contribution >= 4 is 11.8 Å². The Kier molecular flexibility index (Phi) is 5.88. The number of amides is 2. The van der Waals surface area contributed by atoms with Crippen molar-refractivity contribution in [1.82, 2.24) is 5.32 Å². The Morgan fingerprint density at radius 1 is 1.38 bits per heavy atom. The van der Waals surface area contributed by atoms with Crippen LogP contribution in [0.4, 0.5) is 0 Å². The molecular weight excluding hydrogens is 170 g/mol. The fraction of sp³-hybridized carbons (Fsp3) is 0.750. The molecule has 0 saturated carbocycles. The number of hydrogen-bond acceptors (Lipinski definition) is 3. The van der Waals surface area contributed by atoms with Gasteiger partial charge in [-0.25, -0.2) is 0 Å². The minimum Gasteiger partial charge on any atom is -0.368 e. The van der Waals surface area contributed by atoms with Crippen LogP contribution in [-0.4, -0.2) is 24.4 Å². The monoisotopic (exact) mass is 187 g/mol. The normalized spacial score (nSPS) is 12.2. The molecular formula is C8H17N3O2. The summed E-state index contributed by atoms with van der Waals surface area (Å²) in [6, 6.07) is -0.552. The van der Waals surface area contributed by atoms with E-state index in [0.717, 1.165) is 12.8 Å². The smallest absolute Gasteiger partial charge is 0.239 e. The van der Waals surface area contributed by atoms with Crippen molar-refractivity contribution in [3.05, 3.63) is 0 Å². The summed E-state index contributed by atoms with van der Waals surface area (Å²) in [5.41, 5.74) is 10.4. The van der Waals surface area contributed by atoms with Crippen molar-refractivity contribution in [1.29, 1.82) is 0 Å². The van der Waals surface area contributed by atoms with E-state index in [0.29, 0.717) is 13.0 Å². The minimum atomic E-state index is -0.552. The van der Waals surface area contributed by atoms with Crippen molar-refractivity contribution in [2.24, 2.45) is 11.5 Å². The fourth-order valence-electron chi connectivity index (χ4n) is 1.02. The van der Waals surface area contributed by atoms with Gasteiger partial charge in [0.05, 0.1) is 0 Å². The molecule has 5 heteroatoms. The summed E-state index contributed by atoms with van der Waals surface area (Å²) in [7, 11) is 0. The Labute approximate surface area is 77.8 Å². The highest BCUT2D eigenvalue weighted by molar-refractivity contribution is 5.85. The number of nitrogens with one attached hydrogen (secondary N) is 1. The van der Waals surface area contributed by atoms with Crippen LogP contribution in [0.15, 0.2) is 0 Å². The molecule has 0 aromatic rings. The summed E-state index contributed by atoms with van der Waals surface area (Å²) >= 11 is 0. The van der Waals surface area contributed by atoms with Gasteiger partial charge in [-0.15, -0.1) is 0 Å². The molecule has 0 heterocycles. The van der Waals surface area contributed by atoms with Gasteiger partial charge in [-0.2, -0.15) is 0 Å². The predicted molar refractivity (Wildman–Crippen MR) is 49.7 cm³/mol. The Morgan fingerprint density at radius 3 is 2.38 bits per heavy atom. The van der Waals surface area contributed by atoms with Gasteiger partial charge in [0.1, 0.15) is 6.04 Å². The summed E-state index contributed by atoms with van der Waals surface area (Å²) in [6.07, 6.45) is 2.19. The highest BCUT2D eigenvalue weighted by Gasteiger charge is 2.14. The number of primary amides is 1. The third-order valence-corrected chi connectivity index (χ3v) is 1.67. The van der Waals surface area contributed by atoms with E-state index in [4.69, 9.17) is 11.5 Å². The van der Waals surface area contributed by atoms with Gasteiger partial charge in [-0.1, -0.05) is 0 Å². The first kappa shape index (κ1) is 11.9. The number of carbonyl (C=O) groups is 2. The van der Waals surface area contributed by atoms with Crippen LogP contribution in [0.3, 0.4) is 0 Å². The van der Waals surface area contributed by atoms with Gasteiger partial charge in [0.2, 0.25) is 11.8 Å². The van der Waals surface area contributed by atoms with E-state index in [1.54, 1.807) is 0 Å². The third-order valence-electron chi connectivity index (χ3n) is 1.67. The first-order valence-corrected chi connectivity index (χ1v) is 4.34. The van der Waals surface area contributed by atoms with Crippen LogP contribution in [0, 0.1) is 0 Å². The standard InChI is InChI=1S/C8H17N3O2/c1-6(12)11-7(8(10)13)4-2-3-5-9/h7H,2-5,9H2,1H3,(H2,10,13)(H,11,12)/t7-/m0/s1. The molecule has 0 aromatic carbocycles. The highest BCUT2D eigenvalue weighted by Crippen LogP contribution is 1.99. The van der Waals surface area contributed by atoms with Gasteiger partial charge < -0.3 is 16.8 Å². The second-order valence-corrected chi connectivity index (χ2v) is 2.94. The fourth-order valence-corrected chi connectivity index (χ4v) is 1.02. The zero-order valence-electron chi connectivity index (χ0n) is 7.88. The van der Waals surface area contributed by atoms with Gasteiger partial charge >= 0.3 is 0 Å². The molecule has 0 unspecified atom stereocenters. The zero-order chi connectivity index (χ0) is 10.3. The molecule has 2 amide bonds. The van der Waals surface area contributed by atoms with Crippen molar-refractivity contribution < 1.29 is 9.59 Å². The van der Waals surface area contributed by atoms with E-state index in [9.17, 15) is 9.59 Å². The lowest BCUT2D eigenvalue weighted by molar-refractivity contribution is -0.126. The lowest BCUT2D eigenvalue weighted by atomic mass is 10.1. The van der Waals surface area contributed by atoms with Crippen molar-refractivity contribution in [2.45, 2.75) is 32.2 Å². The molecule has 5 N–H and O–H groups in total. The molecule has 1 atom stereocenters. The number of rotatable bonds is 6. The predicted octanol–water partition coefficient (Wildman–Crippen LogP) is -0.895. The molecule has 0 spiro atoms. The van der Waals surface area contributed by atoms with E-state index in [2.05, 4.69) is 5.32 Å². The Hall–Kier alpha value is -1.10. The van der Waals surface area contributed by atoms with Crippen LogP contribution in [0.1, 0.15) is 26.2 Å². The largest absolute Gasteiger partial charge is 0.368 e. The summed E-state index contributed by atoms with van der Waals surface area (Å²) in [5.74, 6) is -0.733. The third kappa shape index (κ3) is 6.10. The molecule has 0 aliphatic heterocycles. The summed E-state index contributed by atoms with van der Waals surface area (Å²) in [6.45, 7) is 1.95. The molecule has 0 saturated heterocycles. The SMILES string of the molecule is CC(=O)N[C@@H](CCCCN)C(N)=O. The van der Waals surface area contributed by atoms with Gasteiger partial charge in [0.15, 0.2) is 0 Å². The average molecular weight is 187 g/mol. The molecule has 0 rings (SSSR count). The van der Waals surface area contributed by atoms with E-state index >= 15 is 0 Å². The number of hydrogen-bond donors (Lipinski definition) is 3. The van der Waals surface area contributed by atoms with Gasteiger partial charge in [-0.05, 0) is 25.8 Å². The van der Waals surface area contributed by atoms with Crippen molar-refractivity contribution in [3.8, 4) is 0 Å². The quantitative estimate of drug-likeness (QED) is 0.470. The average Bonchev–Trinajstić information content (AvgIpc) is 2.02. The van der Waals surface area contributed by atoms with E-state index in [-0.39, 0.29) is 5.91 Å². The Bertz CT molecular complexity index is 182. The molecule has 5 nitrogen and oxygen atoms in total. The molecule has 0 fully saturated rings. The molecule has 0 aromatic heterocycles. The molecule has 0 aliphatic rings. The Morgan fingerprint density at radius 2 is 2.00 bits per heavy atom. The lowest BCUT2D eigenvalue weighted by Crippen LogP contribution is -2.43. The number of nitrogens with two attached hydrogens (primary N) is 2. The van der Waals surface area contributed by atoms with Crippen LogP contribution in [0.5, 0.6) is 0 Å². The van der Waals surface area contributed by atoms with Crippen LogP contribution in [-0.2, 0) is 9.59 Å². The molecule has 13 heavy (non-hydrogen) atoms.